The van der Waals surface area contributed by atoms with Gasteiger partial charge in [0.05, 0.1) is 22.3 Å². The maximum atomic E-state index is 12.9. The van der Waals surface area contributed by atoms with Crippen LogP contribution in [0.15, 0.2) is 71.8 Å². The van der Waals surface area contributed by atoms with E-state index in [0.29, 0.717) is 41.3 Å². The number of amides is 1. The second-order valence-electron chi connectivity index (χ2n) is 9.68. The van der Waals surface area contributed by atoms with Crippen LogP contribution in [0.4, 0.5) is 17.1 Å². The molecule has 1 fully saturated rings. The highest BCUT2D eigenvalue weighted by Crippen LogP contribution is 2.41. The van der Waals surface area contributed by atoms with E-state index in [2.05, 4.69) is 4.90 Å². The van der Waals surface area contributed by atoms with Gasteiger partial charge in [0.15, 0.2) is 17.8 Å². The van der Waals surface area contributed by atoms with E-state index in [9.17, 15) is 9.59 Å². The van der Waals surface area contributed by atoms with Gasteiger partial charge >= 0.3 is 0 Å². The van der Waals surface area contributed by atoms with E-state index in [1.54, 1.807) is 24.1 Å². The first-order chi connectivity index (χ1) is 19.3. The molecule has 2 heterocycles. The number of hydrazone groups is 1. The minimum Gasteiger partial charge on any atom is -0.494 e. The highest BCUT2D eigenvalue weighted by Gasteiger charge is 2.39. The number of hydrogen-bond donors (Lipinski definition) is 0. The largest absolute Gasteiger partial charge is 0.494 e. The number of hydrogen-bond acceptors (Lipinski definition) is 7. The van der Waals surface area contributed by atoms with Crippen molar-refractivity contribution in [2.75, 3.05) is 47.6 Å². The molecule has 208 valence electrons. The van der Waals surface area contributed by atoms with E-state index in [0.717, 1.165) is 35.8 Å². The fourth-order valence-corrected chi connectivity index (χ4v) is 5.35. The number of anilines is 3. The van der Waals surface area contributed by atoms with E-state index < -0.39 is 6.17 Å². The molecule has 5 rings (SSSR count). The third-order valence-electron chi connectivity index (χ3n) is 7.10. The lowest BCUT2D eigenvalue weighted by molar-refractivity contribution is -0.129. The van der Waals surface area contributed by atoms with Crippen LogP contribution in [0.2, 0.25) is 10.0 Å². The Morgan fingerprint density at radius 3 is 2.05 bits per heavy atom. The number of halogens is 2. The molecule has 0 saturated carbocycles. The van der Waals surface area contributed by atoms with Crippen LogP contribution >= 0.6 is 23.2 Å². The Bertz CT molecular complexity index is 1420. The first-order valence-electron chi connectivity index (χ1n) is 13.2. The Morgan fingerprint density at radius 1 is 0.850 bits per heavy atom. The van der Waals surface area contributed by atoms with E-state index in [1.165, 1.54) is 6.92 Å². The molecule has 0 spiro atoms. The minimum atomic E-state index is -0.461. The summed E-state index contributed by atoms with van der Waals surface area (Å²) in [4.78, 5) is 30.7. The summed E-state index contributed by atoms with van der Waals surface area (Å²) in [6, 6.07) is 21.2. The van der Waals surface area contributed by atoms with Crippen LogP contribution in [0.1, 0.15) is 32.5 Å². The lowest BCUT2D eigenvalue weighted by Crippen LogP contribution is -2.48. The second kappa shape index (κ2) is 11.8. The van der Waals surface area contributed by atoms with Crippen LogP contribution in [0.25, 0.3) is 0 Å². The van der Waals surface area contributed by atoms with E-state index >= 15 is 0 Å². The van der Waals surface area contributed by atoms with Gasteiger partial charge < -0.3 is 14.5 Å². The number of Topliss-reactive ketones (excluding diaryl/α,β-unsaturated/α-hetero) is 1. The molecule has 1 unspecified atom stereocenters. The predicted octanol–water partition coefficient (Wildman–Crippen LogP) is 5.99. The van der Waals surface area contributed by atoms with Crippen molar-refractivity contribution in [1.82, 2.24) is 4.90 Å². The number of rotatable bonds is 7. The van der Waals surface area contributed by atoms with Crippen molar-refractivity contribution in [2.45, 2.75) is 26.9 Å². The van der Waals surface area contributed by atoms with E-state index in [-0.39, 0.29) is 11.7 Å². The predicted molar refractivity (Wildman–Crippen MR) is 161 cm³/mol. The van der Waals surface area contributed by atoms with Crippen molar-refractivity contribution in [3.05, 3.63) is 82.3 Å². The van der Waals surface area contributed by atoms with Gasteiger partial charge in [-0.3, -0.25) is 14.5 Å². The number of ketones is 1. The van der Waals surface area contributed by atoms with Crippen molar-refractivity contribution < 1.29 is 14.3 Å². The molecule has 1 saturated heterocycles. The molecule has 40 heavy (non-hydrogen) atoms. The smallest absolute Gasteiger partial charge is 0.219 e. The summed E-state index contributed by atoms with van der Waals surface area (Å²) in [7, 11) is 0. The summed E-state index contributed by atoms with van der Waals surface area (Å²) in [6.45, 7) is 8.56. The van der Waals surface area contributed by atoms with Crippen molar-refractivity contribution in [1.29, 1.82) is 0 Å². The molecule has 0 radical (unpaired) electrons. The molecule has 8 nitrogen and oxygen atoms in total. The zero-order chi connectivity index (χ0) is 28.4. The molecule has 3 aromatic rings. The Hall–Kier alpha value is -3.75. The SMILES string of the molecule is CCOc1ccc(C2N(c3ccc(Cl)c(Cl)c3)N=C(C(C)=O)N2c2ccc(N3CCN(C(C)=O)CC3)cc2)cc1. The van der Waals surface area contributed by atoms with Crippen molar-refractivity contribution >= 4 is 57.8 Å². The van der Waals surface area contributed by atoms with Crippen molar-refractivity contribution in [2.24, 2.45) is 5.10 Å². The molecule has 0 aliphatic carbocycles. The Kier molecular flexibility index (Phi) is 8.19. The number of nitrogens with zero attached hydrogens (tertiary/aromatic N) is 5. The average Bonchev–Trinajstić information content (AvgIpc) is 3.36. The topological polar surface area (TPSA) is 68.7 Å². The molecule has 1 atom stereocenters. The summed E-state index contributed by atoms with van der Waals surface area (Å²) in [5, 5.41) is 7.42. The lowest BCUT2D eigenvalue weighted by Gasteiger charge is -2.36. The summed E-state index contributed by atoms with van der Waals surface area (Å²) in [5.41, 5.74) is 3.50. The van der Waals surface area contributed by atoms with Gasteiger partial charge in [-0.2, -0.15) is 0 Å². The Balaban J connectivity index is 1.52. The monoisotopic (exact) mass is 579 g/mol. The quantitative estimate of drug-likeness (QED) is 0.342. The maximum absolute atomic E-state index is 12.9. The number of carbonyl (C=O) groups excluding carboxylic acids is 2. The fourth-order valence-electron chi connectivity index (χ4n) is 5.06. The van der Waals surface area contributed by atoms with Gasteiger partial charge in [-0.05, 0) is 67.1 Å². The Labute approximate surface area is 244 Å². The molecule has 0 N–H and O–H groups in total. The first-order valence-corrected chi connectivity index (χ1v) is 14.0. The second-order valence-corrected chi connectivity index (χ2v) is 10.5. The normalized spacial score (nSPS) is 17.2. The standard InChI is InChI=1S/C30H31Cl2N5O3/c1-4-40-26-12-5-22(6-13-26)30-36(29(20(2)38)33-37(30)25-11-14-27(31)28(32)19-25)24-9-7-23(8-10-24)35-17-15-34(16-18-35)21(3)39/h5-14,19,30H,4,15-18H2,1-3H3. The van der Waals surface area contributed by atoms with Crippen LogP contribution in [-0.4, -0.2) is 55.2 Å². The summed E-state index contributed by atoms with van der Waals surface area (Å²) in [5.74, 6) is 1.02. The minimum absolute atomic E-state index is 0.104. The number of ether oxygens (including phenoxy) is 1. The van der Waals surface area contributed by atoms with Gasteiger partial charge in [-0.25, -0.2) is 5.01 Å². The molecule has 2 aliphatic heterocycles. The van der Waals surface area contributed by atoms with Gasteiger partial charge in [0.2, 0.25) is 5.91 Å². The highest BCUT2D eigenvalue weighted by atomic mass is 35.5. The first kappa shape index (κ1) is 27.8. The fraction of sp³-hybridized carbons (Fsp3) is 0.300. The van der Waals surface area contributed by atoms with Crippen LogP contribution < -0.4 is 19.5 Å². The molecular weight excluding hydrogens is 549 g/mol. The summed E-state index contributed by atoms with van der Waals surface area (Å²) < 4.78 is 5.66. The van der Waals surface area contributed by atoms with Gasteiger partial charge in [0, 0.05) is 51.4 Å². The van der Waals surface area contributed by atoms with Gasteiger partial charge in [-0.1, -0.05) is 35.3 Å². The zero-order valence-corrected chi connectivity index (χ0v) is 24.2. The number of benzene rings is 3. The summed E-state index contributed by atoms with van der Waals surface area (Å²) >= 11 is 12.6. The van der Waals surface area contributed by atoms with E-state index in [1.807, 2.05) is 71.3 Å². The third-order valence-corrected chi connectivity index (χ3v) is 7.84. The van der Waals surface area contributed by atoms with Crippen LogP contribution in [0, 0.1) is 0 Å². The van der Waals surface area contributed by atoms with Gasteiger partial charge in [-0.15, -0.1) is 5.10 Å². The third kappa shape index (κ3) is 5.60. The number of amidine groups is 1. The van der Waals surface area contributed by atoms with Crippen LogP contribution in [-0.2, 0) is 9.59 Å². The van der Waals surface area contributed by atoms with Crippen LogP contribution in [0.3, 0.4) is 0 Å². The number of piperazine rings is 1. The van der Waals surface area contributed by atoms with E-state index in [4.69, 9.17) is 33.0 Å². The Morgan fingerprint density at radius 2 is 1.48 bits per heavy atom. The number of carbonyl (C=O) groups is 2. The molecule has 10 heteroatoms. The van der Waals surface area contributed by atoms with Crippen molar-refractivity contribution in [3.8, 4) is 5.75 Å². The molecule has 1 amide bonds. The summed E-state index contributed by atoms with van der Waals surface area (Å²) in [6.07, 6.45) is -0.461. The van der Waals surface area contributed by atoms with Crippen molar-refractivity contribution in [3.63, 3.8) is 0 Å². The molecule has 3 aromatic carbocycles. The highest BCUT2D eigenvalue weighted by molar-refractivity contribution is 6.44. The molecule has 0 aromatic heterocycles. The molecular formula is C30H31Cl2N5O3. The van der Waals surface area contributed by atoms with Crippen LogP contribution in [0.5, 0.6) is 5.75 Å². The maximum Gasteiger partial charge on any atom is 0.219 e. The average molecular weight is 581 g/mol. The van der Waals surface area contributed by atoms with Gasteiger partial charge in [0.1, 0.15) is 5.75 Å². The van der Waals surface area contributed by atoms with Gasteiger partial charge in [0.25, 0.3) is 0 Å². The lowest BCUT2D eigenvalue weighted by atomic mass is 10.1. The zero-order valence-electron chi connectivity index (χ0n) is 22.7. The molecule has 0 bridgehead atoms. The molecule has 2 aliphatic rings.